The van der Waals surface area contributed by atoms with Crippen LogP contribution in [-0.2, 0) is 33.2 Å². The number of unbranched alkanes of at least 4 members (excludes halogenated alkanes) is 20. The maximum Gasteiger partial charge on any atom is 0.306 e. The second kappa shape index (κ2) is 46.5. The molecule has 14 nitrogen and oxygen atoms in total. The van der Waals surface area contributed by atoms with Crippen molar-refractivity contribution in [2.75, 3.05) is 33.0 Å². The van der Waals surface area contributed by atoms with Gasteiger partial charge in [0.2, 0.25) is 0 Å². The minimum atomic E-state index is -1.71. The first kappa shape index (κ1) is 67.5. The van der Waals surface area contributed by atoms with Gasteiger partial charge >= 0.3 is 5.97 Å². The number of aliphatic hydroxyl groups is 7. The molecule has 0 amide bonds. The largest absolute Gasteiger partial charge is 0.457 e. The zero-order chi connectivity index (χ0) is 53.7. The molecule has 0 aromatic rings. The molecule has 0 aromatic heterocycles. The Bertz CT molecular complexity index is 1500. The highest BCUT2D eigenvalue weighted by molar-refractivity contribution is 5.69. The highest BCUT2D eigenvalue weighted by Gasteiger charge is 2.47. The van der Waals surface area contributed by atoms with Crippen LogP contribution in [0.2, 0.25) is 0 Å². The van der Waals surface area contributed by atoms with Gasteiger partial charge in [-0.3, -0.25) is 4.79 Å². The number of carbonyl (C=O) groups is 1. The normalized spacial score (nSPS) is 25.3. The van der Waals surface area contributed by atoms with Crippen LogP contribution in [0.25, 0.3) is 0 Å². The van der Waals surface area contributed by atoms with Crippen molar-refractivity contribution in [3.63, 3.8) is 0 Å². The summed E-state index contributed by atoms with van der Waals surface area (Å²) in [7, 11) is 0. The molecule has 2 rings (SSSR count). The molecule has 2 heterocycles. The van der Waals surface area contributed by atoms with Gasteiger partial charge in [0.05, 0.1) is 26.4 Å². The van der Waals surface area contributed by atoms with E-state index in [1.807, 2.05) is 0 Å². The van der Waals surface area contributed by atoms with Gasteiger partial charge in [0.25, 0.3) is 0 Å². The molecule has 74 heavy (non-hydrogen) atoms. The standard InChI is InChI=1S/C60H104O14/c1-3-5-7-9-11-13-15-17-19-20-21-22-23-24-25-26-27-28-29-31-33-35-37-39-41-43-52(62)72-49(46-69-44-42-40-38-36-34-32-30-18-16-14-12-10-8-6-4-2)47-70-59-58(68)56(66)54(64)51(74-59)48-71-60-57(67)55(65)53(63)50(45-61)73-60/h5,7,11,13,16-19,21-22,24-25,49-51,53-61,63-68H,3-4,6,8-10,12,14-15,20,23,26-48H2,1-2H3/b7-5-,13-11-,18-16-,19-17-,22-21-,25-24-. The summed E-state index contributed by atoms with van der Waals surface area (Å²) in [4.78, 5) is 13.1. The van der Waals surface area contributed by atoms with E-state index in [0.717, 1.165) is 83.5 Å². The van der Waals surface area contributed by atoms with Crippen LogP contribution in [0.15, 0.2) is 72.9 Å². The quantitative estimate of drug-likeness (QED) is 0.0172. The molecule has 2 saturated heterocycles. The fourth-order valence-electron chi connectivity index (χ4n) is 8.78. The van der Waals surface area contributed by atoms with Gasteiger partial charge in [-0.1, -0.05) is 183 Å². The van der Waals surface area contributed by atoms with E-state index >= 15 is 0 Å². The number of ether oxygens (including phenoxy) is 6. The SMILES string of the molecule is CC/C=C\C/C=C\C/C=C\C/C=C\C/C=C\CCCCCCCCCCCC(=O)OC(COCCCCCCCC/C=C\CCCCCCC)COC1OC(COC2OC(CO)C(O)C(O)C2O)C(O)C(O)C1O. The molecule has 7 N–H and O–H groups in total. The predicted molar refractivity (Wildman–Crippen MR) is 293 cm³/mol. The Kier molecular flexibility index (Phi) is 42.5. The van der Waals surface area contributed by atoms with Gasteiger partial charge in [0.1, 0.15) is 54.9 Å². The summed E-state index contributed by atoms with van der Waals surface area (Å²) in [6.45, 7) is 3.55. The molecule has 11 atom stereocenters. The van der Waals surface area contributed by atoms with Crippen molar-refractivity contribution in [1.82, 2.24) is 0 Å². The fourth-order valence-corrected chi connectivity index (χ4v) is 8.78. The topological polar surface area (TPSA) is 214 Å². The Morgan fingerprint density at radius 2 is 0.878 bits per heavy atom. The second-order valence-electron chi connectivity index (χ2n) is 20.1. The van der Waals surface area contributed by atoms with E-state index in [1.165, 1.54) is 89.9 Å². The molecule has 0 radical (unpaired) electrons. The molecule has 11 unspecified atom stereocenters. The van der Waals surface area contributed by atoms with E-state index in [9.17, 15) is 40.5 Å². The summed E-state index contributed by atoms with van der Waals surface area (Å²) in [5, 5.41) is 72.3. The first-order valence-corrected chi connectivity index (χ1v) is 29.0. The van der Waals surface area contributed by atoms with E-state index < -0.39 is 80.7 Å². The summed E-state index contributed by atoms with van der Waals surface area (Å²) in [5.41, 5.74) is 0. The molecule has 0 spiro atoms. The summed E-state index contributed by atoms with van der Waals surface area (Å²) >= 11 is 0. The van der Waals surface area contributed by atoms with Crippen LogP contribution in [0.3, 0.4) is 0 Å². The van der Waals surface area contributed by atoms with Crippen LogP contribution in [-0.4, -0.2) is 142 Å². The molecule has 0 aromatic carbocycles. The average Bonchev–Trinajstić information content (AvgIpc) is 3.40. The summed E-state index contributed by atoms with van der Waals surface area (Å²) in [6.07, 6.45) is 42.4. The number of rotatable bonds is 46. The Labute approximate surface area is 447 Å². The van der Waals surface area contributed by atoms with E-state index in [-0.39, 0.29) is 25.6 Å². The van der Waals surface area contributed by atoms with Crippen molar-refractivity contribution in [3.8, 4) is 0 Å². The van der Waals surface area contributed by atoms with Crippen LogP contribution >= 0.6 is 0 Å². The van der Waals surface area contributed by atoms with Gasteiger partial charge in [-0.15, -0.1) is 0 Å². The third-order valence-electron chi connectivity index (χ3n) is 13.4. The lowest BCUT2D eigenvalue weighted by atomic mass is 9.98. The number of esters is 1. The first-order chi connectivity index (χ1) is 36.1. The first-order valence-electron chi connectivity index (χ1n) is 29.0. The van der Waals surface area contributed by atoms with Crippen molar-refractivity contribution in [1.29, 1.82) is 0 Å². The Hall–Kier alpha value is -2.57. The van der Waals surface area contributed by atoms with Gasteiger partial charge in [0, 0.05) is 13.0 Å². The number of allylic oxidation sites excluding steroid dienone is 12. The molecule has 0 saturated carbocycles. The Morgan fingerprint density at radius 1 is 0.459 bits per heavy atom. The molecule has 0 bridgehead atoms. The molecule has 2 fully saturated rings. The minimum absolute atomic E-state index is 0.0522. The zero-order valence-electron chi connectivity index (χ0n) is 45.8. The lowest BCUT2D eigenvalue weighted by Crippen LogP contribution is -2.61. The third kappa shape index (κ3) is 32.9. The van der Waals surface area contributed by atoms with Gasteiger partial charge in [-0.2, -0.15) is 0 Å². The Morgan fingerprint density at radius 3 is 1.39 bits per heavy atom. The van der Waals surface area contributed by atoms with E-state index in [2.05, 4.69) is 86.8 Å². The van der Waals surface area contributed by atoms with Crippen molar-refractivity contribution in [3.05, 3.63) is 72.9 Å². The third-order valence-corrected chi connectivity index (χ3v) is 13.4. The average molecular weight is 1050 g/mol. The van der Waals surface area contributed by atoms with Crippen molar-refractivity contribution in [2.45, 2.75) is 268 Å². The number of carbonyl (C=O) groups excluding carboxylic acids is 1. The van der Waals surface area contributed by atoms with Gasteiger partial charge in [0.15, 0.2) is 12.6 Å². The molecular formula is C60H104O14. The number of aliphatic hydroxyl groups excluding tert-OH is 7. The van der Waals surface area contributed by atoms with Crippen molar-refractivity contribution in [2.24, 2.45) is 0 Å². The number of hydrogen-bond donors (Lipinski definition) is 7. The van der Waals surface area contributed by atoms with E-state index in [1.54, 1.807) is 0 Å². The zero-order valence-corrected chi connectivity index (χ0v) is 45.8. The van der Waals surface area contributed by atoms with Crippen molar-refractivity contribution >= 4 is 5.97 Å². The Balaban J connectivity index is 1.71. The van der Waals surface area contributed by atoms with Crippen LogP contribution in [0.4, 0.5) is 0 Å². The van der Waals surface area contributed by atoms with Crippen LogP contribution in [0, 0.1) is 0 Å². The van der Waals surface area contributed by atoms with Crippen LogP contribution in [0.1, 0.15) is 200 Å². The molecular weight excluding hydrogens is 945 g/mol. The highest BCUT2D eigenvalue weighted by atomic mass is 16.7. The molecule has 14 heteroatoms. The molecule has 0 aliphatic carbocycles. The van der Waals surface area contributed by atoms with Gasteiger partial charge in [-0.05, 0) is 83.5 Å². The molecule has 2 aliphatic rings. The molecule has 428 valence electrons. The lowest BCUT2D eigenvalue weighted by molar-refractivity contribution is -0.332. The monoisotopic (exact) mass is 1050 g/mol. The maximum absolute atomic E-state index is 13.1. The predicted octanol–water partition coefficient (Wildman–Crippen LogP) is 10.2. The second-order valence-corrected chi connectivity index (χ2v) is 20.1. The highest BCUT2D eigenvalue weighted by Crippen LogP contribution is 2.26. The fraction of sp³-hybridized carbons (Fsp3) is 0.783. The van der Waals surface area contributed by atoms with Crippen LogP contribution in [0.5, 0.6) is 0 Å². The lowest BCUT2D eigenvalue weighted by Gasteiger charge is -2.42. The van der Waals surface area contributed by atoms with Crippen molar-refractivity contribution < 1.29 is 69.0 Å². The summed E-state index contributed by atoms with van der Waals surface area (Å²) < 4.78 is 34.4. The van der Waals surface area contributed by atoms with Crippen LogP contribution < -0.4 is 0 Å². The van der Waals surface area contributed by atoms with E-state index in [4.69, 9.17) is 28.4 Å². The maximum atomic E-state index is 13.1. The van der Waals surface area contributed by atoms with Gasteiger partial charge < -0.3 is 64.2 Å². The molecule has 2 aliphatic heterocycles. The number of hydrogen-bond acceptors (Lipinski definition) is 14. The minimum Gasteiger partial charge on any atom is -0.457 e. The van der Waals surface area contributed by atoms with E-state index in [0.29, 0.717) is 13.0 Å². The summed E-state index contributed by atoms with van der Waals surface area (Å²) in [5.74, 6) is -0.386. The van der Waals surface area contributed by atoms with Gasteiger partial charge in [-0.25, -0.2) is 0 Å². The smallest absolute Gasteiger partial charge is 0.306 e. The summed E-state index contributed by atoms with van der Waals surface area (Å²) in [6, 6.07) is 0.